The maximum atomic E-state index is 13.4. The second-order valence-electron chi connectivity index (χ2n) is 6.47. The molecule has 0 aliphatic carbocycles. The number of nitrogens with zero attached hydrogens (tertiary/aromatic N) is 1. The summed E-state index contributed by atoms with van der Waals surface area (Å²) in [6.07, 6.45) is 1.03. The van der Waals surface area contributed by atoms with Crippen molar-refractivity contribution in [3.05, 3.63) is 24.0 Å². The summed E-state index contributed by atoms with van der Waals surface area (Å²) in [5.74, 6) is -0.0221. The van der Waals surface area contributed by atoms with Crippen LogP contribution < -0.4 is 10.5 Å². The second kappa shape index (κ2) is 6.42. The highest BCUT2D eigenvalue weighted by atomic mass is 19.1. The zero-order valence-electron chi connectivity index (χ0n) is 13.3. The maximum absolute atomic E-state index is 13.4. The number of likely N-dealkylation sites (tertiary alicyclic amines) is 1. The minimum Gasteiger partial charge on any atom is -0.490 e. The third-order valence-electron chi connectivity index (χ3n) is 3.37. The largest absolute Gasteiger partial charge is 0.490 e. The molecule has 0 saturated carbocycles. The number of anilines is 1. The molecule has 6 heteroatoms. The molecular weight excluding hydrogens is 287 g/mol. The van der Waals surface area contributed by atoms with Crippen molar-refractivity contribution in [1.29, 1.82) is 0 Å². The van der Waals surface area contributed by atoms with Crippen LogP contribution in [0.1, 0.15) is 33.6 Å². The van der Waals surface area contributed by atoms with Crippen LogP contribution in [0.4, 0.5) is 14.9 Å². The monoisotopic (exact) mass is 310 g/mol. The van der Waals surface area contributed by atoms with Gasteiger partial charge in [0.2, 0.25) is 0 Å². The van der Waals surface area contributed by atoms with Crippen LogP contribution in [0.2, 0.25) is 0 Å². The Morgan fingerprint density at radius 3 is 2.50 bits per heavy atom. The lowest BCUT2D eigenvalue weighted by molar-refractivity contribution is 0.0126. The minimum atomic E-state index is -0.494. The third kappa shape index (κ3) is 4.51. The Bertz CT molecular complexity index is 535. The van der Waals surface area contributed by atoms with Crippen molar-refractivity contribution in [2.45, 2.75) is 45.3 Å². The van der Waals surface area contributed by atoms with E-state index in [1.165, 1.54) is 12.1 Å². The Hall–Kier alpha value is -1.98. The summed E-state index contributed by atoms with van der Waals surface area (Å²) in [5, 5.41) is 0. The number of piperidine rings is 1. The second-order valence-corrected chi connectivity index (χ2v) is 6.47. The molecule has 22 heavy (non-hydrogen) atoms. The predicted octanol–water partition coefficient (Wildman–Crippen LogP) is 3.19. The molecule has 122 valence electrons. The SMILES string of the molecule is CC(C)(C)OC(=O)N1CCC(Oc2ccc(N)c(F)c2)CC1. The summed E-state index contributed by atoms with van der Waals surface area (Å²) in [5.41, 5.74) is 5.04. The van der Waals surface area contributed by atoms with Crippen molar-refractivity contribution in [2.24, 2.45) is 0 Å². The number of carbonyl (C=O) groups is 1. The topological polar surface area (TPSA) is 64.8 Å². The van der Waals surface area contributed by atoms with E-state index in [2.05, 4.69) is 0 Å². The molecule has 0 spiro atoms. The van der Waals surface area contributed by atoms with E-state index in [0.717, 1.165) is 0 Å². The van der Waals surface area contributed by atoms with Gasteiger partial charge < -0.3 is 20.1 Å². The Labute approximate surface area is 130 Å². The van der Waals surface area contributed by atoms with Crippen LogP contribution in [0.3, 0.4) is 0 Å². The molecule has 1 amide bonds. The summed E-state index contributed by atoms with van der Waals surface area (Å²) >= 11 is 0. The van der Waals surface area contributed by atoms with Crippen molar-refractivity contribution >= 4 is 11.8 Å². The highest BCUT2D eigenvalue weighted by molar-refractivity contribution is 5.68. The molecule has 1 saturated heterocycles. The number of nitrogens with two attached hydrogens (primary N) is 1. The van der Waals surface area contributed by atoms with Crippen molar-refractivity contribution < 1.29 is 18.7 Å². The Balaban J connectivity index is 1.84. The fourth-order valence-corrected chi connectivity index (χ4v) is 2.26. The lowest BCUT2D eigenvalue weighted by Crippen LogP contribution is -2.44. The van der Waals surface area contributed by atoms with Gasteiger partial charge in [-0.15, -0.1) is 0 Å². The smallest absolute Gasteiger partial charge is 0.410 e. The third-order valence-corrected chi connectivity index (χ3v) is 3.37. The summed E-state index contributed by atoms with van der Waals surface area (Å²) in [4.78, 5) is 13.6. The van der Waals surface area contributed by atoms with Crippen LogP contribution in [0, 0.1) is 5.82 Å². The zero-order chi connectivity index (χ0) is 16.3. The van der Waals surface area contributed by atoms with E-state index in [1.807, 2.05) is 20.8 Å². The van der Waals surface area contributed by atoms with Crippen LogP contribution in [0.15, 0.2) is 18.2 Å². The van der Waals surface area contributed by atoms with Crippen molar-refractivity contribution in [2.75, 3.05) is 18.8 Å². The number of ether oxygens (including phenoxy) is 2. The van der Waals surface area contributed by atoms with Crippen molar-refractivity contribution in [1.82, 2.24) is 4.90 Å². The predicted molar refractivity (Wildman–Crippen MR) is 82.3 cm³/mol. The lowest BCUT2D eigenvalue weighted by atomic mass is 10.1. The van der Waals surface area contributed by atoms with Gasteiger partial charge in [0.05, 0.1) is 5.69 Å². The molecule has 2 rings (SSSR count). The normalized spacial score (nSPS) is 16.5. The summed E-state index contributed by atoms with van der Waals surface area (Å²) in [7, 11) is 0. The van der Waals surface area contributed by atoms with E-state index < -0.39 is 11.4 Å². The van der Waals surface area contributed by atoms with Crippen LogP contribution in [-0.4, -0.2) is 35.8 Å². The van der Waals surface area contributed by atoms with Gasteiger partial charge in [-0.3, -0.25) is 0 Å². The average molecular weight is 310 g/mol. The van der Waals surface area contributed by atoms with E-state index in [4.69, 9.17) is 15.2 Å². The summed E-state index contributed by atoms with van der Waals surface area (Å²) < 4.78 is 24.5. The number of amides is 1. The van der Waals surface area contributed by atoms with Crippen molar-refractivity contribution in [3.63, 3.8) is 0 Å². The first-order valence-electron chi connectivity index (χ1n) is 7.44. The molecular formula is C16H23FN2O3. The number of rotatable bonds is 2. The molecule has 5 nitrogen and oxygen atoms in total. The molecule has 0 bridgehead atoms. The minimum absolute atomic E-state index is 0.0401. The van der Waals surface area contributed by atoms with E-state index in [-0.39, 0.29) is 17.9 Å². The lowest BCUT2D eigenvalue weighted by Gasteiger charge is -2.33. The maximum Gasteiger partial charge on any atom is 0.410 e. The molecule has 1 aromatic rings. The number of benzene rings is 1. The fraction of sp³-hybridized carbons (Fsp3) is 0.562. The molecule has 1 aliphatic heterocycles. The average Bonchev–Trinajstić information content (AvgIpc) is 2.42. The summed E-state index contributed by atoms with van der Waals surface area (Å²) in [6.45, 7) is 6.66. The van der Waals surface area contributed by atoms with Gasteiger partial charge in [0.25, 0.3) is 0 Å². The molecule has 0 aromatic heterocycles. The molecule has 1 aliphatic rings. The molecule has 1 aromatic carbocycles. The van der Waals surface area contributed by atoms with Crippen LogP contribution in [0.5, 0.6) is 5.75 Å². The van der Waals surface area contributed by atoms with Crippen LogP contribution >= 0.6 is 0 Å². The van der Waals surface area contributed by atoms with Gasteiger partial charge in [-0.25, -0.2) is 9.18 Å². The summed E-state index contributed by atoms with van der Waals surface area (Å²) in [6, 6.07) is 4.43. The first kappa shape index (κ1) is 16.4. The first-order chi connectivity index (χ1) is 10.2. The number of nitrogen functional groups attached to an aromatic ring is 1. The molecule has 0 atom stereocenters. The van der Waals surface area contributed by atoms with Gasteiger partial charge in [-0.1, -0.05) is 0 Å². The highest BCUT2D eigenvalue weighted by Crippen LogP contribution is 2.23. The molecule has 0 unspecified atom stereocenters. The van der Waals surface area contributed by atoms with E-state index in [9.17, 15) is 9.18 Å². The highest BCUT2D eigenvalue weighted by Gasteiger charge is 2.27. The van der Waals surface area contributed by atoms with Crippen LogP contribution in [0.25, 0.3) is 0 Å². The number of halogens is 1. The fourth-order valence-electron chi connectivity index (χ4n) is 2.26. The Morgan fingerprint density at radius 2 is 1.95 bits per heavy atom. The van der Waals surface area contributed by atoms with Crippen molar-refractivity contribution in [3.8, 4) is 5.75 Å². The Morgan fingerprint density at radius 1 is 1.32 bits per heavy atom. The van der Waals surface area contributed by atoms with Gasteiger partial charge in [0.1, 0.15) is 23.3 Å². The zero-order valence-corrected chi connectivity index (χ0v) is 13.3. The van der Waals surface area contributed by atoms with Gasteiger partial charge >= 0.3 is 6.09 Å². The quantitative estimate of drug-likeness (QED) is 0.852. The molecule has 0 radical (unpaired) electrons. The van der Waals surface area contributed by atoms with E-state index in [0.29, 0.717) is 31.7 Å². The Kier molecular flexibility index (Phi) is 4.78. The number of hydrogen-bond acceptors (Lipinski definition) is 4. The van der Waals surface area contributed by atoms with Gasteiger partial charge in [0, 0.05) is 32.0 Å². The first-order valence-corrected chi connectivity index (χ1v) is 7.44. The molecule has 1 heterocycles. The van der Waals surface area contributed by atoms with Gasteiger partial charge in [0.15, 0.2) is 0 Å². The standard InChI is InChI=1S/C16H23FN2O3/c1-16(2,3)22-15(20)19-8-6-11(7-9-19)21-12-4-5-14(18)13(17)10-12/h4-5,10-11H,6-9,18H2,1-3H3. The molecule has 2 N–H and O–H groups in total. The van der Waals surface area contributed by atoms with E-state index in [1.54, 1.807) is 11.0 Å². The number of carbonyl (C=O) groups excluding carboxylic acids is 1. The van der Waals surface area contributed by atoms with Gasteiger partial charge in [-0.05, 0) is 32.9 Å². The number of hydrogen-bond donors (Lipinski definition) is 1. The van der Waals surface area contributed by atoms with Gasteiger partial charge in [-0.2, -0.15) is 0 Å². The van der Waals surface area contributed by atoms with Crippen LogP contribution in [-0.2, 0) is 4.74 Å². The van der Waals surface area contributed by atoms with E-state index >= 15 is 0 Å². The molecule has 1 fully saturated rings.